The van der Waals surface area contributed by atoms with E-state index >= 15 is 0 Å². The highest BCUT2D eigenvalue weighted by Crippen LogP contribution is 2.30. The minimum absolute atomic E-state index is 0.165. The molecule has 0 saturated heterocycles. The zero-order valence-electron chi connectivity index (χ0n) is 18.6. The maximum atomic E-state index is 12.6. The normalized spacial score (nSPS) is 14.8. The Morgan fingerprint density at radius 2 is 1.85 bits per heavy atom. The lowest BCUT2D eigenvalue weighted by molar-refractivity contribution is 0.0966. The lowest BCUT2D eigenvalue weighted by Crippen LogP contribution is -2.25. The summed E-state index contributed by atoms with van der Waals surface area (Å²) < 4.78 is 2.19. The molecule has 0 unspecified atom stereocenters. The topological polar surface area (TPSA) is 85.0 Å². The summed E-state index contributed by atoms with van der Waals surface area (Å²) in [6, 6.07) is 15.8. The number of aryl methyl sites for hydroxylation is 2. The van der Waals surface area contributed by atoms with E-state index in [0.29, 0.717) is 17.0 Å². The van der Waals surface area contributed by atoms with Crippen LogP contribution in [0, 0.1) is 6.92 Å². The number of benzene rings is 2. The van der Waals surface area contributed by atoms with Crippen LogP contribution in [0.25, 0.3) is 17.5 Å². The second-order valence-corrected chi connectivity index (χ2v) is 8.37. The number of hydrogen-bond acceptors (Lipinski definition) is 4. The Bertz CT molecular complexity index is 1290. The lowest BCUT2D eigenvalue weighted by Gasteiger charge is -2.14. The van der Waals surface area contributed by atoms with Gasteiger partial charge in [0.2, 0.25) is 0 Å². The first-order valence-electron chi connectivity index (χ1n) is 11.3. The number of fused-ring (bicyclic) bond motifs is 1. The molecule has 1 aliphatic carbocycles. The molecule has 1 aromatic heterocycles. The number of carbonyl (C=O) groups is 1. The summed E-state index contributed by atoms with van der Waals surface area (Å²) in [5.41, 5.74) is 13.2. The SMILES string of the molecule is Cc1nc2n(c1-c1cccc(Nc3ccc(C(=O)NC4=C(N)CCC=C4)cc3)c1)C=CCC2. The van der Waals surface area contributed by atoms with E-state index in [4.69, 9.17) is 10.7 Å². The Balaban J connectivity index is 1.32. The molecule has 2 aliphatic rings. The summed E-state index contributed by atoms with van der Waals surface area (Å²) in [6.07, 6.45) is 11.9. The molecule has 1 amide bonds. The molecular formula is C27H27N5O. The van der Waals surface area contributed by atoms with Crippen LogP contribution in [0.3, 0.4) is 0 Å². The molecule has 0 atom stereocenters. The van der Waals surface area contributed by atoms with Gasteiger partial charge in [-0.3, -0.25) is 4.79 Å². The highest BCUT2D eigenvalue weighted by molar-refractivity contribution is 5.96. The van der Waals surface area contributed by atoms with Crippen molar-refractivity contribution in [3.8, 4) is 11.3 Å². The van der Waals surface area contributed by atoms with Gasteiger partial charge in [-0.05, 0) is 68.7 Å². The van der Waals surface area contributed by atoms with E-state index in [1.165, 1.54) is 0 Å². The summed E-state index contributed by atoms with van der Waals surface area (Å²) in [7, 11) is 0. The predicted octanol–water partition coefficient (Wildman–Crippen LogP) is 5.27. The van der Waals surface area contributed by atoms with Crippen molar-refractivity contribution in [2.75, 3.05) is 5.32 Å². The van der Waals surface area contributed by atoms with Crippen LogP contribution in [0.15, 0.2) is 78.2 Å². The molecule has 2 heterocycles. The van der Waals surface area contributed by atoms with Gasteiger partial charge in [-0.1, -0.05) is 24.3 Å². The highest BCUT2D eigenvalue weighted by atomic mass is 16.1. The smallest absolute Gasteiger partial charge is 0.255 e. The third-order valence-corrected chi connectivity index (χ3v) is 5.98. The molecule has 4 N–H and O–H groups in total. The fourth-order valence-electron chi connectivity index (χ4n) is 4.30. The maximum Gasteiger partial charge on any atom is 0.255 e. The fraction of sp³-hybridized carbons (Fsp3) is 0.185. The first kappa shape index (κ1) is 20.8. The van der Waals surface area contributed by atoms with Gasteiger partial charge >= 0.3 is 0 Å². The molecule has 0 radical (unpaired) electrons. The first-order valence-corrected chi connectivity index (χ1v) is 11.3. The van der Waals surface area contributed by atoms with Gasteiger partial charge in [0, 0.05) is 40.8 Å². The minimum Gasteiger partial charge on any atom is -0.400 e. The van der Waals surface area contributed by atoms with Crippen LogP contribution in [0.1, 0.15) is 41.1 Å². The number of carbonyl (C=O) groups excluding carboxylic acids is 1. The van der Waals surface area contributed by atoms with Gasteiger partial charge in [0.25, 0.3) is 5.91 Å². The van der Waals surface area contributed by atoms with Crippen LogP contribution in [0.4, 0.5) is 11.4 Å². The maximum absolute atomic E-state index is 12.6. The van der Waals surface area contributed by atoms with E-state index in [9.17, 15) is 4.79 Å². The average Bonchev–Trinajstić information content (AvgIpc) is 3.17. The number of allylic oxidation sites excluding steroid dienone is 4. The van der Waals surface area contributed by atoms with Gasteiger partial charge in [0.1, 0.15) is 5.82 Å². The highest BCUT2D eigenvalue weighted by Gasteiger charge is 2.16. The molecule has 0 spiro atoms. The van der Waals surface area contributed by atoms with Crippen LogP contribution < -0.4 is 16.4 Å². The average molecular weight is 438 g/mol. The Morgan fingerprint density at radius 1 is 1.03 bits per heavy atom. The molecule has 6 heteroatoms. The largest absolute Gasteiger partial charge is 0.400 e. The number of nitrogens with one attached hydrogen (secondary N) is 2. The Hall–Kier alpha value is -4.06. The fourth-order valence-corrected chi connectivity index (χ4v) is 4.30. The Morgan fingerprint density at radius 3 is 2.67 bits per heavy atom. The van der Waals surface area contributed by atoms with Crippen molar-refractivity contribution in [1.82, 2.24) is 14.9 Å². The minimum atomic E-state index is -0.165. The van der Waals surface area contributed by atoms with Gasteiger partial charge in [0.15, 0.2) is 0 Å². The summed E-state index contributed by atoms with van der Waals surface area (Å²) in [4.78, 5) is 17.3. The number of nitrogens with two attached hydrogens (primary N) is 1. The number of aromatic nitrogens is 2. The lowest BCUT2D eigenvalue weighted by atomic mass is 10.1. The van der Waals surface area contributed by atoms with Crippen molar-refractivity contribution < 1.29 is 4.79 Å². The van der Waals surface area contributed by atoms with Crippen LogP contribution in [-0.4, -0.2) is 15.5 Å². The molecule has 0 bridgehead atoms. The summed E-state index contributed by atoms with van der Waals surface area (Å²) in [5, 5.41) is 6.34. The number of rotatable bonds is 5. The quantitative estimate of drug-likeness (QED) is 0.508. The van der Waals surface area contributed by atoms with Crippen LogP contribution in [0.2, 0.25) is 0 Å². The molecule has 1 aliphatic heterocycles. The molecule has 6 nitrogen and oxygen atoms in total. The third-order valence-electron chi connectivity index (χ3n) is 5.98. The van der Waals surface area contributed by atoms with Crippen LogP contribution in [0.5, 0.6) is 0 Å². The molecule has 33 heavy (non-hydrogen) atoms. The summed E-state index contributed by atoms with van der Waals surface area (Å²) >= 11 is 0. The zero-order chi connectivity index (χ0) is 22.8. The zero-order valence-corrected chi connectivity index (χ0v) is 18.6. The van der Waals surface area contributed by atoms with Crippen molar-refractivity contribution in [2.24, 2.45) is 5.73 Å². The van der Waals surface area contributed by atoms with E-state index in [0.717, 1.165) is 59.8 Å². The van der Waals surface area contributed by atoms with Crippen molar-refractivity contribution >= 4 is 23.5 Å². The van der Waals surface area contributed by atoms with Crippen LogP contribution in [-0.2, 0) is 6.42 Å². The Labute approximate surface area is 193 Å². The van der Waals surface area contributed by atoms with Gasteiger partial charge in [-0.25, -0.2) is 4.98 Å². The number of anilines is 2. The van der Waals surface area contributed by atoms with E-state index < -0.39 is 0 Å². The summed E-state index contributed by atoms with van der Waals surface area (Å²) in [6.45, 7) is 2.06. The van der Waals surface area contributed by atoms with Crippen molar-refractivity contribution in [1.29, 1.82) is 0 Å². The Kier molecular flexibility index (Phi) is 5.57. The summed E-state index contributed by atoms with van der Waals surface area (Å²) in [5.74, 6) is 0.945. The van der Waals surface area contributed by atoms with Gasteiger partial charge in [-0.2, -0.15) is 0 Å². The van der Waals surface area contributed by atoms with Gasteiger partial charge in [-0.15, -0.1) is 0 Å². The number of nitrogens with zero attached hydrogens (tertiary/aromatic N) is 2. The molecule has 0 saturated carbocycles. The standard InChI is InChI=1S/C27H27N5O/c1-18-26(32-16-5-4-11-25(32)29-18)20-7-6-8-22(17-20)30-21-14-12-19(13-15-21)27(33)31-24-10-3-2-9-23(24)28/h3,5-8,10,12-17,30H,2,4,9,11,28H2,1H3,(H,31,33). The number of hydrogen-bond donors (Lipinski definition) is 3. The van der Waals surface area contributed by atoms with Crippen molar-refractivity contribution in [3.63, 3.8) is 0 Å². The molecule has 0 fully saturated rings. The third kappa shape index (κ3) is 4.32. The molecule has 3 aromatic rings. The first-order chi connectivity index (χ1) is 16.1. The van der Waals surface area contributed by atoms with E-state index in [1.807, 2.05) is 48.6 Å². The van der Waals surface area contributed by atoms with Crippen LogP contribution >= 0.6 is 0 Å². The molecule has 166 valence electrons. The number of amides is 1. The second kappa shape index (κ2) is 8.82. The second-order valence-electron chi connectivity index (χ2n) is 8.37. The predicted molar refractivity (Wildman–Crippen MR) is 133 cm³/mol. The van der Waals surface area contributed by atoms with Gasteiger partial charge in [0.05, 0.1) is 17.1 Å². The van der Waals surface area contributed by atoms with Crippen molar-refractivity contribution in [3.05, 3.63) is 95.2 Å². The van der Waals surface area contributed by atoms with Gasteiger partial charge < -0.3 is 20.9 Å². The monoisotopic (exact) mass is 437 g/mol. The van der Waals surface area contributed by atoms with E-state index in [-0.39, 0.29) is 5.91 Å². The van der Waals surface area contributed by atoms with Crippen molar-refractivity contribution in [2.45, 2.75) is 32.6 Å². The molecule has 2 aromatic carbocycles. The van der Waals surface area contributed by atoms with E-state index in [2.05, 4.69) is 46.5 Å². The van der Waals surface area contributed by atoms with E-state index in [1.54, 1.807) is 0 Å². The molecular weight excluding hydrogens is 410 g/mol. The number of imidazole rings is 1. The molecule has 5 rings (SSSR count).